The van der Waals surface area contributed by atoms with E-state index in [-0.39, 0.29) is 11.5 Å². The van der Waals surface area contributed by atoms with Crippen molar-refractivity contribution >= 4 is 35.0 Å². The minimum Gasteiger partial charge on any atom is -0.321 e. The van der Waals surface area contributed by atoms with E-state index in [1.54, 1.807) is 6.07 Å². The molecule has 2 amide bonds. The lowest BCUT2D eigenvalue weighted by Gasteiger charge is -2.20. The number of rotatable bonds is 5. The van der Waals surface area contributed by atoms with Gasteiger partial charge < -0.3 is 5.32 Å². The SMILES string of the molecule is Cc1ccccc1NC(=O)C(C#N)=C1SC(Cc2ccccc2)C(=O)N1c1ccccc1C. The van der Waals surface area contributed by atoms with Crippen molar-refractivity contribution in [2.24, 2.45) is 0 Å². The van der Waals surface area contributed by atoms with Crippen LogP contribution < -0.4 is 10.2 Å². The third-order valence-electron chi connectivity index (χ3n) is 5.52. The molecule has 1 fully saturated rings. The van der Waals surface area contributed by atoms with Gasteiger partial charge in [0.05, 0.1) is 10.9 Å². The molecule has 3 aromatic carbocycles. The number of nitrogens with zero attached hydrogens (tertiary/aromatic N) is 2. The van der Waals surface area contributed by atoms with Gasteiger partial charge in [-0.3, -0.25) is 14.5 Å². The molecule has 1 atom stereocenters. The van der Waals surface area contributed by atoms with Gasteiger partial charge in [0.1, 0.15) is 16.7 Å². The van der Waals surface area contributed by atoms with Crippen LogP contribution in [0.1, 0.15) is 16.7 Å². The van der Waals surface area contributed by atoms with Crippen molar-refractivity contribution in [1.29, 1.82) is 5.26 Å². The molecule has 1 aliphatic heterocycles. The van der Waals surface area contributed by atoms with Crippen molar-refractivity contribution in [2.75, 3.05) is 10.2 Å². The van der Waals surface area contributed by atoms with Crippen LogP contribution in [0.2, 0.25) is 0 Å². The van der Waals surface area contributed by atoms with Gasteiger partial charge in [0.2, 0.25) is 5.91 Å². The lowest BCUT2D eigenvalue weighted by Crippen LogP contribution is -2.31. The fourth-order valence-corrected chi connectivity index (χ4v) is 5.05. The fourth-order valence-electron chi connectivity index (χ4n) is 3.75. The monoisotopic (exact) mass is 453 g/mol. The van der Waals surface area contributed by atoms with Gasteiger partial charge in [-0.1, -0.05) is 78.5 Å². The molecule has 1 heterocycles. The minimum absolute atomic E-state index is 0.0737. The van der Waals surface area contributed by atoms with Gasteiger partial charge in [0, 0.05) is 5.69 Å². The van der Waals surface area contributed by atoms with Crippen LogP contribution in [0.15, 0.2) is 89.5 Å². The number of nitriles is 1. The summed E-state index contributed by atoms with van der Waals surface area (Å²) in [4.78, 5) is 28.3. The summed E-state index contributed by atoms with van der Waals surface area (Å²) in [5, 5.41) is 12.7. The molecule has 1 unspecified atom stereocenters. The predicted molar refractivity (Wildman–Crippen MR) is 133 cm³/mol. The first-order valence-electron chi connectivity index (χ1n) is 10.6. The van der Waals surface area contributed by atoms with Crippen LogP contribution in [0.3, 0.4) is 0 Å². The second-order valence-corrected chi connectivity index (χ2v) is 9.01. The maximum Gasteiger partial charge on any atom is 0.269 e. The van der Waals surface area contributed by atoms with Crippen molar-refractivity contribution < 1.29 is 9.59 Å². The van der Waals surface area contributed by atoms with E-state index in [2.05, 4.69) is 11.4 Å². The molecule has 0 spiro atoms. The Bertz CT molecular complexity index is 1280. The Morgan fingerprint density at radius 1 is 0.970 bits per heavy atom. The number of thioether (sulfide) groups is 1. The highest BCUT2D eigenvalue weighted by atomic mass is 32.2. The summed E-state index contributed by atoms with van der Waals surface area (Å²) in [7, 11) is 0. The first-order valence-corrected chi connectivity index (χ1v) is 11.5. The number of nitrogens with one attached hydrogen (secondary N) is 1. The highest BCUT2D eigenvalue weighted by Crippen LogP contribution is 2.43. The Morgan fingerprint density at radius 3 is 2.27 bits per heavy atom. The topological polar surface area (TPSA) is 73.2 Å². The minimum atomic E-state index is -0.527. The molecule has 1 aliphatic rings. The Labute approximate surface area is 197 Å². The van der Waals surface area contributed by atoms with Crippen LogP contribution in [0.5, 0.6) is 0 Å². The summed E-state index contributed by atoms with van der Waals surface area (Å²) in [6.07, 6.45) is 0.508. The van der Waals surface area contributed by atoms with Gasteiger partial charge in [0.25, 0.3) is 5.91 Å². The van der Waals surface area contributed by atoms with Gasteiger partial charge in [-0.25, -0.2) is 0 Å². The number of benzene rings is 3. The molecule has 0 saturated carbocycles. The van der Waals surface area contributed by atoms with Gasteiger partial charge in [-0.05, 0) is 49.1 Å². The molecule has 0 aromatic heterocycles. The van der Waals surface area contributed by atoms with E-state index in [9.17, 15) is 14.9 Å². The Morgan fingerprint density at radius 2 is 1.61 bits per heavy atom. The lowest BCUT2D eigenvalue weighted by atomic mass is 10.1. The molecule has 5 nitrogen and oxygen atoms in total. The summed E-state index contributed by atoms with van der Waals surface area (Å²) in [6, 6.07) is 26.7. The van der Waals surface area contributed by atoms with E-state index in [0.717, 1.165) is 16.7 Å². The summed E-state index contributed by atoms with van der Waals surface area (Å²) in [6.45, 7) is 3.80. The second-order valence-electron chi connectivity index (χ2n) is 7.82. The summed E-state index contributed by atoms with van der Waals surface area (Å²) < 4.78 is 0. The second kappa shape index (κ2) is 9.76. The molecule has 0 radical (unpaired) electrons. The van der Waals surface area contributed by atoms with Crippen molar-refractivity contribution in [3.05, 3.63) is 106 Å². The van der Waals surface area contributed by atoms with E-state index in [1.165, 1.54) is 16.7 Å². The van der Waals surface area contributed by atoms with E-state index in [4.69, 9.17) is 0 Å². The summed E-state index contributed by atoms with van der Waals surface area (Å²) >= 11 is 1.27. The van der Waals surface area contributed by atoms with Gasteiger partial charge in [0.15, 0.2) is 0 Å². The number of carbonyl (C=O) groups is 2. The Kier molecular flexibility index (Phi) is 6.62. The van der Waals surface area contributed by atoms with Crippen LogP contribution in [-0.4, -0.2) is 17.1 Å². The quantitative estimate of drug-likeness (QED) is 0.416. The highest BCUT2D eigenvalue weighted by Gasteiger charge is 2.41. The van der Waals surface area contributed by atoms with E-state index >= 15 is 0 Å². The zero-order chi connectivity index (χ0) is 23.4. The standard InChI is InChI=1S/C27H23N3O2S/c1-18-10-6-8-14-22(18)29-25(31)21(17-28)27-30(23-15-9-7-11-19(23)2)26(32)24(33-27)16-20-12-4-3-5-13-20/h3-15,24H,16H2,1-2H3,(H,29,31). The number of carbonyl (C=O) groups excluding carboxylic acids is 2. The van der Waals surface area contributed by atoms with Crippen molar-refractivity contribution in [3.8, 4) is 6.07 Å². The van der Waals surface area contributed by atoms with Crippen molar-refractivity contribution in [2.45, 2.75) is 25.5 Å². The van der Waals surface area contributed by atoms with E-state index in [0.29, 0.717) is 22.8 Å². The van der Waals surface area contributed by atoms with E-state index in [1.807, 2.05) is 86.6 Å². The smallest absolute Gasteiger partial charge is 0.269 e. The largest absolute Gasteiger partial charge is 0.321 e. The number of hydrogen-bond acceptors (Lipinski definition) is 4. The molecular weight excluding hydrogens is 430 g/mol. The van der Waals surface area contributed by atoms with Crippen molar-refractivity contribution in [1.82, 2.24) is 0 Å². The van der Waals surface area contributed by atoms with Crippen molar-refractivity contribution in [3.63, 3.8) is 0 Å². The fraction of sp³-hybridized carbons (Fsp3) is 0.148. The zero-order valence-corrected chi connectivity index (χ0v) is 19.2. The predicted octanol–water partition coefficient (Wildman–Crippen LogP) is 5.37. The Hall–Kier alpha value is -3.82. The molecule has 6 heteroatoms. The maximum atomic E-state index is 13.6. The third kappa shape index (κ3) is 4.69. The van der Waals surface area contributed by atoms with Crippen LogP contribution in [-0.2, 0) is 16.0 Å². The molecule has 1 saturated heterocycles. The number of anilines is 2. The molecule has 4 rings (SSSR count). The number of para-hydroxylation sites is 2. The summed E-state index contributed by atoms with van der Waals surface area (Å²) in [5.74, 6) is -0.661. The van der Waals surface area contributed by atoms with E-state index < -0.39 is 11.2 Å². The average molecular weight is 454 g/mol. The first-order chi connectivity index (χ1) is 16.0. The average Bonchev–Trinajstić information content (AvgIpc) is 3.12. The van der Waals surface area contributed by atoms with Crippen LogP contribution in [0.4, 0.5) is 11.4 Å². The molecule has 0 aliphatic carbocycles. The molecule has 164 valence electrons. The van der Waals surface area contributed by atoms with Crippen LogP contribution in [0, 0.1) is 25.2 Å². The highest BCUT2D eigenvalue weighted by molar-refractivity contribution is 8.05. The Balaban J connectivity index is 1.76. The van der Waals surface area contributed by atoms with Crippen LogP contribution >= 0.6 is 11.8 Å². The number of amides is 2. The first kappa shape index (κ1) is 22.4. The number of aryl methyl sites for hydroxylation is 2. The molecule has 0 bridgehead atoms. The van der Waals surface area contributed by atoms with Crippen LogP contribution in [0.25, 0.3) is 0 Å². The zero-order valence-electron chi connectivity index (χ0n) is 18.4. The van der Waals surface area contributed by atoms with Gasteiger partial charge >= 0.3 is 0 Å². The maximum absolute atomic E-state index is 13.6. The normalized spacial score (nSPS) is 16.9. The lowest BCUT2D eigenvalue weighted by molar-refractivity contribution is -0.117. The third-order valence-corrected chi connectivity index (χ3v) is 6.78. The summed E-state index contributed by atoms with van der Waals surface area (Å²) in [5.41, 5.74) is 4.04. The number of hydrogen-bond donors (Lipinski definition) is 1. The molecular formula is C27H23N3O2S. The van der Waals surface area contributed by atoms with Gasteiger partial charge in [-0.2, -0.15) is 5.26 Å². The van der Waals surface area contributed by atoms with Gasteiger partial charge in [-0.15, -0.1) is 0 Å². The molecule has 1 N–H and O–H groups in total. The molecule has 3 aromatic rings. The molecule has 33 heavy (non-hydrogen) atoms.